The summed E-state index contributed by atoms with van der Waals surface area (Å²) in [5, 5.41) is 12.2. The van der Waals surface area contributed by atoms with Crippen molar-refractivity contribution in [3.63, 3.8) is 0 Å². The van der Waals surface area contributed by atoms with Crippen LogP contribution in [0.3, 0.4) is 0 Å². The number of sulfone groups is 2. The van der Waals surface area contributed by atoms with Gasteiger partial charge >= 0.3 is 12.3 Å². The first-order valence-electron chi connectivity index (χ1n) is 38.2. The Morgan fingerprint density at radius 3 is 1.28 bits per heavy atom. The summed E-state index contributed by atoms with van der Waals surface area (Å²) >= 11 is 5.84. The predicted octanol–water partition coefficient (Wildman–Crippen LogP) is 16.4. The molecule has 0 radical (unpaired) electrons. The molecule has 13 aromatic rings. The van der Waals surface area contributed by atoms with E-state index in [1.165, 1.54) is 109 Å². The number of rotatable bonds is 22. The van der Waals surface area contributed by atoms with E-state index in [4.69, 9.17) is 17.3 Å². The number of hydrogen-bond donors (Lipinski definition) is 7. The van der Waals surface area contributed by atoms with Crippen LogP contribution in [0.25, 0.3) is 55.6 Å². The number of carbonyl (C=O) groups is 7. The lowest BCUT2D eigenvalue weighted by Crippen LogP contribution is -2.15. The average molecular weight is 1860 g/mol. The number of benzene rings is 3. The molecule has 0 fully saturated rings. The van der Waals surface area contributed by atoms with E-state index in [1.807, 2.05) is 19.1 Å². The van der Waals surface area contributed by atoms with Crippen molar-refractivity contribution in [2.75, 3.05) is 44.1 Å². The fourth-order valence-electron chi connectivity index (χ4n) is 11.8. The van der Waals surface area contributed by atoms with E-state index in [-0.39, 0.29) is 63.0 Å². The summed E-state index contributed by atoms with van der Waals surface area (Å²) < 4.78 is 163. The second kappa shape index (κ2) is 43.9. The molecule has 0 aliphatic heterocycles. The summed E-state index contributed by atoms with van der Waals surface area (Å²) in [7, 11) is -11.1. The zero-order chi connectivity index (χ0) is 95.1. The van der Waals surface area contributed by atoms with Gasteiger partial charge in [0.05, 0.1) is 40.6 Å². The molecule has 10 aromatic heterocycles. The molecule has 8 N–H and O–H groups in total. The van der Waals surface area contributed by atoms with Gasteiger partial charge in [-0.05, 0) is 201 Å². The zero-order valence-corrected chi connectivity index (χ0v) is 73.7. The van der Waals surface area contributed by atoms with E-state index in [9.17, 15) is 85.2 Å². The number of hydrogen-bond acceptors (Lipinski definition) is 25. The number of nitrogens with two attached hydrogens (primary N) is 1. The highest BCUT2D eigenvalue weighted by Crippen LogP contribution is 2.37. The number of halogens is 7. The van der Waals surface area contributed by atoms with Gasteiger partial charge in [0.2, 0.25) is 23.6 Å². The van der Waals surface area contributed by atoms with Crippen molar-refractivity contribution >= 4 is 123 Å². The summed E-state index contributed by atoms with van der Waals surface area (Å²) in [6, 6.07) is 35.0. The van der Waals surface area contributed by atoms with Crippen molar-refractivity contribution in [2.24, 2.45) is 0 Å². The van der Waals surface area contributed by atoms with Crippen LogP contribution in [0, 0.1) is 38.2 Å². The molecular formula is C89H80ClF6N17O14S3. The summed E-state index contributed by atoms with van der Waals surface area (Å²) in [6.45, 7) is 13.7. The van der Waals surface area contributed by atoms with Gasteiger partial charge in [0.25, 0.3) is 10.0 Å². The third-order valence-electron chi connectivity index (χ3n) is 18.0. The normalized spacial score (nSPS) is 11.0. The number of methoxy groups -OCH3 is 1. The van der Waals surface area contributed by atoms with E-state index in [0.717, 1.165) is 51.7 Å². The molecular weight excluding hydrogens is 1780 g/mol. The molecule has 5 amide bonds. The van der Waals surface area contributed by atoms with Gasteiger partial charge in [0, 0.05) is 159 Å². The predicted molar refractivity (Wildman–Crippen MR) is 475 cm³/mol. The highest BCUT2D eigenvalue weighted by atomic mass is 35.5. The van der Waals surface area contributed by atoms with Crippen LogP contribution in [0.15, 0.2) is 235 Å². The number of Topliss-reactive ketones (excluding diaryl/α,β-unsaturated/α-hetero) is 2. The maximum Gasteiger partial charge on any atom is 0.416 e. The largest absolute Gasteiger partial charge is 0.453 e. The number of aromatic nitrogens is 10. The topological polar surface area (TPSA) is 458 Å². The molecule has 41 heteroatoms. The molecule has 0 unspecified atom stereocenters. The summed E-state index contributed by atoms with van der Waals surface area (Å²) in [6.07, 6.45) is 12.1. The van der Waals surface area contributed by atoms with Crippen LogP contribution in [0.4, 0.5) is 71.7 Å². The number of alkyl halides is 3. The number of pyridine rings is 10. The molecule has 130 heavy (non-hydrogen) atoms. The lowest BCUT2D eigenvalue weighted by molar-refractivity contribution is -0.137. The number of amides is 5. The van der Waals surface area contributed by atoms with Crippen molar-refractivity contribution in [3.8, 4) is 55.6 Å². The Kier molecular flexibility index (Phi) is 33.4. The maximum absolute atomic E-state index is 14.0. The molecule has 3 aromatic carbocycles. The van der Waals surface area contributed by atoms with Crippen molar-refractivity contribution in [2.45, 2.75) is 101 Å². The van der Waals surface area contributed by atoms with Gasteiger partial charge in [-0.3, -0.25) is 58.7 Å². The van der Waals surface area contributed by atoms with Crippen LogP contribution in [0.5, 0.6) is 0 Å². The number of sulfonamides is 1. The van der Waals surface area contributed by atoms with Crippen LogP contribution in [-0.2, 0) is 82.5 Å². The zero-order valence-electron chi connectivity index (χ0n) is 70.5. The monoisotopic (exact) mass is 1860 g/mol. The van der Waals surface area contributed by atoms with Gasteiger partial charge in [-0.1, -0.05) is 29.8 Å². The van der Waals surface area contributed by atoms with Crippen molar-refractivity contribution < 1.29 is 89.9 Å². The maximum atomic E-state index is 14.0. The van der Waals surface area contributed by atoms with E-state index in [1.54, 1.807) is 125 Å². The Morgan fingerprint density at radius 1 is 0.415 bits per heavy atom. The third-order valence-corrected chi connectivity index (χ3v) is 23.3. The van der Waals surface area contributed by atoms with Crippen LogP contribution < -0.4 is 37.0 Å². The van der Waals surface area contributed by atoms with E-state index in [0.29, 0.717) is 104 Å². The number of nitrogen functional groups attached to an aromatic ring is 1. The summed E-state index contributed by atoms with van der Waals surface area (Å²) in [5.41, 5.74) is 15.1. The molecule has 10 heterocycles. The van der Waals surface area contributed by atoms with Gasteiger partial charge in [0.15, 0.2) is 25.5 Å². The highest BCUT2D eigenvalue weighted by molar-refractivity contribution is 7.93. The standard InChI is InChI=1S/C20H16ClF3N4O3S.C20H17F2N3O4S.C19H17FN4O3S.C16H17N3O2.C14H13N3O2/c1-11-17(7-14(10-26-11)13-5-6-25-19(8-13)27-12(2)29)28-32(30,31)18-4-3-15(9-16(18)21)20(22,23)24;1-12-15(11-30(27,28)18-4-3-16(21)9-17(18)22)7-14(10-24-12)13-5-6-23-19(8-13)25-20(26)29-2;1-12(25)24-18-9-13(6-7-22-18)15-8-17(19(21)23-10-15)28(26,27)11-14-4-2-3-5-16(14)20;1-10(20)6-14-7-15(9-18-11(14)2)13-4-5-17-16(8-13)19-12(3)21;1-9(18)12-5-13(8-15-7-12)11-3-4-16-14(6-11)17-10(2)19/h3-10,28H,1-2H3,(H,25,27,29);3-10H,11H2,1-2H3,(H,23,25,26);2-10H,11H2,1H3,(H2,21,23)(H,22,24,25);4-5,7-9H,6H2,1-3H3,(H,17,19,21);3-8H,1-2H3,(H,16,17,19). The highest BCUT2D eigenvalue weighted by Gasteiger charge is 2.33. The molecule has 0 saturated heterocycles. The van der Waals surface area contributed by atoms with Gasteiger partial charge < -0.3 is 31.7 Å². The Labute approximate surface area is 746 Å². The Morgan fingerprint density at radius 2 is 0.831 bits per heavy atom. The number of nitrogens with one attached hydrogen (secondary N) is 6. The lowest BCUT2D eigenvalue weighted by atomic mass is 10.0. The number of ketones is 2. The minimum atomic E-state index is -4.66. The Hall–Kier alpha value is -15.0. The quantitative estimate of drug-likeness (QED) is 0.0188. The minimum absolute atomic E-state index is 0.0366. The van der Waals surface area contributed by atoms with Crippen molar-refractivity contribution in [3.05, 3.63) is 287 Å². The van der Waals surface area contributed by atoms with Crippen LogP contribution in [-0.4, -0.2) is 123 Å². The fraction of sp³-hybridized carbons (Fsp3) is 0.157. The number of nitrogens with zero attached hydrogens (tertiary/aromatic N) is 10. The minimum Gasteiger partial charge on any atom is -0.453 e. The van der Waals surface area contributed by atoms with Crippen LogP contribution in [0.1, 0.15) is 91.2 Å². The first-order chi connectivity index (χ1) is 61.3. The number of carbonyl (C=O) groups excluding carboxylic acids is 7. The van der Waals surface area contributed by atoms with E-state index < -0.39 is 91.3 Å². The Balaban J connectivity index is 0.000000185. The van der Waals surface area contributed by atoms with Gasteiger partial charge in [0.1, 0.15) is 72.8 Å². The number of aryl methyl sites for hydroxylation is 3. The molecule has 0 aliphatic rings. The molecule has 0 spiro atoms. The Bertz CT molecular complexity index is 6850. The van der Waals surface area contributed by atoms with Gasteiger partial charge in [-0.25, -0.2) is 73.1 Å². The lowest BCUT2D eigenvalue weighted by Gasteiger charge is -2.14. The van der Waals surface area contributed by atoms with E-state index >= 15 is 0 Å². The second-order valence-corrected chi connectivity index (χ2v) is 34.2. The number of anilines is 7. The smallest absolute Gasteiger partial charge is 0.416 e. The first kappa shape index (κ1) is 98.8. The van der Waals surface area contributed by atoms with Crippen molar-refractivity contribution in [1.29, 1.82) is 0 Å². The molecule has 0 bridgehead atoms. The summed E-state index contributed by atoms with van der Waals surface area (Å²) in [4.78, 5) is 118. The van der Waals surface area contributed by atoms with Gasteiger partial charge in [-0.2, -0.15) is 13.2 Å². The molecule has 672 valence electrons. The van der Waals surface area contributed by atoms with Gasteiger partial charge in [-0.15, -0.1) is 0 Å². The molecule has 0 aliphatic carbocycles. The van der Waals surface area contributed by atoms with Crippen molar-refractivity contribution in [1.82, 2.24) is 49.8 Å². The van der Waals surface area contributed by atoms with Crippen LogP contribution in [0.2, 0.25) is 5.02 Å². The SMILES string of the molecule is CC(=O)Cc1cc(-c2ccnc(NC(C)=O)c2)cnc1C.CC(=O)Nc1cc(-c2cnc(C)c(NS(=O)(=O)c3ccc(C(F)(F)F)cc3Cl)c2)ccn1.CC(=O)Nc1cc(-c2cnc(N)c(S(=O)(=O)Cc3ccccc3F)c2)ccn1.CC(=O)Nc1cc(-c2cncc(C(C)=O)c2)ccn1.COC(=O)Nc1cc(-c2cnc(C)c(CS(=O)(=O)c3ccc(F)cc3F)c2)ccn1. The first-order valence-corrected chi connectivity index (χ1v) is 43.4. The van der Waals surface area contributed by atoms with E-state index in [2.05, 4.69) is 85.9 Å². The third kappa shape index (κ3) is 28.5. The molecule has 31 nitrogen and oxygen atoms in total. The average Bonchev–Trinajstić information content (AvgIpc) is 0.829. The molecule has 13 rings (SSSR count). The summed E-state index contributed by atoms with van der Waals surface area (Å²) in [5.74, 6) is -2.89. The van der Waals surface area contributed by atoms with Crippen LogP contribution >= 0.6 is 11.6 Å². The molecule has 0 saturated carbocycles. The molecule has 0 atom stereocenters. The fourth-order valence-corrected chi connectivity index (χ4v) is 16.4. The number of ether oxygens (including phenoxy) is 1. The second-order valence-electron chi connectivity index (χ2n) is 28.2.